The monoisotopic (exact) mass is 243 g/mol. The Morgan fingerprint density at radius 3 is 2.76 bits per heavy atom. The molecule has 0 bridgehead atoms. The zero-order valence-corrected chi connectivity index (χ0v) is 11.2. The van der Waals surface area contributed by atoms with E-state index in [9.17, 15) is 4.79 Å². The summed E-state index contributed by atoms with van der Waals surface area (Å²) in [6.07, 6.45) is 1.89. The van der Waals surface area contributed by atoms with E-state index in [-0.39, 0.29) is 24.5 Å². The summed E-state index contributed by atoms with van der Waals surface area (Å²) in [4.78, 5) is 14.1. The SMILES string of the molecule is CCN(CCO)C(=O)[C@H]1CCCO[C@@H]1C(C)C. The Morgan fingerprint density at radius 2 is 2.24 bits per heavy atom. The van der Waals surface area contributed by atoms with Gasteiger partial charge in [0.25, 0.3) is 0 Å². The van der Waals surface area contributed by atoms with Crippen molar-refractivity contribution in [3.8, 4) is 0 Å². The first-order valence-electron chi connectivity index (χ1n) is 6.63. The molecule has 4 nitrogen and oxygen atoms in total. The van der Waals surface area contributed by atoms with Crippen LogP contribution in [0.25, 0.3) is 0 Å². The molecule has 2 atom stereocenters. The quantitative estimate of drug-likeness (QED) is 0.791. The van der Waals surface area contributed by atoms with Crippen LogP contribution in [0, 0.1) is 11.8 Å². The molecule has 1 aliphatic rings. The molecule has 0 aromatic heterocycles. The first-order valence-corrected chi connectivity index (χ1v) is 6.63. The number of likely N-dealkylation sites (N-methyl/N-ethyl adjacent to an activating group) is 1. The second-order valence-corrected chi connectivity index (χ2v) is 4.97. The summed E-state index contributed by atoms with van der Waals surface area (Å²) in [6.45, 7) is 8.01. The Balaban J connectivity index is 2.69. The number of amides is 1. The van der Waals surface area contributed by atoms with Crippen LogP contribution in [0.1, 0.15) is 33.6 Å². The van der Waals surface area contributed by atoms with E-state index in [4.69, 9.17) is 9.84 Å². The summed E-state index contributed by atoms with van der Waals surface area (Å²) >= 11 is 0. The van der Waals surface area contributed by atoms with Crippen molar-refractivity contribution in [2.24, 2.45) is 11.8 Å². The maximum Gasteiger partial charge on any atom is 0.228 e. The van der Waals surface area contributed by atoms with Crippen molar-refractivity contribution in [2.45, 2.75) is 39.7 Å². The summed E-state index contributed by atoms with van der Waals surface area (Å²) in [7, 11) is 0. The molecule has 0 aromatic carbocycles. The fraction of sp³-hybridized carbons (Fsp3) is 0.923. The molecule has 1 saturated heterocycles. The van der Waals surface area contributed by atoms with Crippen LogP contribution in [-0.4, -0.2) is 48.3 Å². The highest BCUT2D eigenvalue weighted by Gasteiger charge is 2.35. The highest BCUT2D eigenvalue weighted by molar-refractivity contribution is 5.79. The molecule has 4 heteroatoms. The third-order valence-corrected chi connectivity index (χ3v) is 3.40. The van der Waals surface area contributed by atoms with Gasteiger partial charge in [-0.25, -0.2) is 0 Å². The van der Waals surface area contributed by atoms with Gasteiger partial charge in [0.15, 0.2) is 0 Å². The van der Waals surface area contributed by atoms with E-state index in [1.165, 1.54) is 0 Å². The lowest BCUT2D eigenvalue weighted by Gasteiger charge is -2.36. The van der Waals surface area contributed by atoms with Crippen molar-refractivity contribution < 1.29 is 14.6 Å². The van der Waals surface area contributed by atoms with E-state index in [0.717, 1.165) is 19.4 Å². The molecule has 100 valence electrons. The smallest absolute Gasteiger partial charge is 0.228 e. The highest BCUT2D eigenvalue weighted by Crippen LogP contribution is 2.27. The predicted molar refractivity (Wildman–Crippen MR) is 66.6 cm³/mol. The van der Waals surface area contributed by atoms with Crippen LogP contribution in [0.4, 0.5) is 0 Å². The number of hydrogen-bond donors (Lipinski definition) is 1. The number of carbonyl (C=O) groups is 1. The standard InChI is InChI=1S/C13H25NO3/c1-4-14(7-8-15)13(16)11-6-5-9-17-12(11)10(2)3/h10-12,15H,4-9H2,1-3H3/t11-,12+/m0/s1. The van der Waals surface area contributed by atoms with Gasteiger partial charge in [0.1, 0.15) is 0 Å². The van der Waals surface area contributed by atoms with E-state index in [0.29, 0.717) is 19.0 Å². The Kier molecular flexibility index (Phi) is 5.92. The molecule has 1 rings (SSSR count). The van der Waals surface area contributed by atoms with Gasteiger partial charge in [-0.15, -0.1) is 0 Å². The first-order chi connectivity index (χ1) is 8.11. The van der Waals surface area contributed by atoms with Gasteiger partial charge in [-0.2, -0.15) is 0 Å². The molecular formula is C13H25NO3. The number of aliphatic hydroxyl groups is 1. The lowest BCUT2D eigenvalue weighted by atomic mass is 9.86. The summed E-state index contributed by atoms with van der Waals surface area (Å²) in [5, 5.41) is 8.96. The second kappa shape index (κ2) is 6.97. The average molecular weight is 243 g/mol. The number of aliphatic hydroxyl groups excluding tert-OH is 1. The first kappa shape index (κ1) is 14.5. The summed E-state index contributed by atoms with van der Waals surface area (Å²) < 4.78 is 5.74. The van der Waals surface area contributed by atoms with Gasteiger partial charge in [0.2, 0.25) is 5.91 Å². The molecule has 1 aliphatic heterocycles. The molecule has 0 saturated carbocycles. The van der Waals surface area contributed by atoms with Gasteiger partial charge in [0, 0.05) is 19.7 Å². The summed E-state index contributed by atoms with van der Waals surface area (Å²) in [5.41, 5.74) is 0. The number of rotatable bonds is 5. The van der Waals surface area contributed by atoms with Gasteiger partial charge in [0.05, 0.1) is 18.6 Å². The number of ether oxygens (including phenoxy) is 1. The van der Waals surface area contributed by atoms with Crippen LogP contribution in [0.3, 0.4) is 0 Å². The van der Waals surface area contributed by atoms with Gasteiger partial charge in [-0.05, 0) is 25.7 Å². The molecule has 0 aromatic rings. The Bertz CT molecular complexity index is 243. The fourth-order valence-electron chi connectivity index (χ4n) is 2.50. The van der Waals surface area contributed by atoms with Crippen molar-refractivity contribution in [1.82, 2.24) is 4.90 Å². The summed E-state index contributed by atoms with van der Waals surface area (Å²) in [6, 6.07) is 0. The van der Waals surface area contributed by atoms with Gasteiger partial charge >= 0.3 is 0 Å². The number of hydrogen-bond acceptors (Lipinski definition) is 3. The van der Waals surface area contributed by atoms with E-state index in [2.05, 4.69) is 13.8 Å². The average Bonchev–Trinajstić information content (AvgIpc) is 2.35. The number of carbonyl (C=O) groups excluding carboxylic acids is 1. The molecular weight excluding hydrogens is 218 g/mol. The predicted octanol–water partition coefficient (Wildman–Crippen LogP) is 1.28. The maximum atomic E-state index is 12.4. The molecule has 1 heterocycles. The third kappa shape index (κ3) is 3.68. The largest absolute Gasteiger partial charge is 0.395 e. The minimum atomic E-state index is -0.0322. The van der Waals surface area contributed by atoms with Crippen molar-refractivity contribution in [3.63, 3.8) is 0 Å². The normalized spacial score (nSPS) is 25.0. The highest BCUT2D eigenvalue weighted by atomic mass is 16.5. The zero-order chi connectivity index (χ0) is 12.8. The van der Waals surface area contributed by atoms with Crippen molar-refractivity contribution in [2.75, 3.05) is 26.3 Å². The molecule has 1 amide bonds. The Labute approximate surface area is 104 Å². The van der Waals surface area contributed by atoms with E-state index in [1.807, 2.05) is 6.92 Å². The van der Waals surface area contributed by atoms with Crippen LogP contribution in [0.2, 0.25) is 0 Å². The lowest BCUT2D eigenvalue weighted by molar-refractivity contribution is -0.148. The van der Waals surface area contributed by atoms with Crippen LogP contribution >= 0.6 is 0 Å². The molecule has 0 aliphatic carbocycles. The molecule has 1 N–H and O–H groups in total. The summed E-state index contributed by atoms with van der Waals surface area (Å²) in [5.74, 6) is 0.465. The minimum Gasteiger partial charge on any atom is -0.395 e. The maximum absolute atomic E-state index is 12.4. The zero-order valence-electron chi connectivity index (χ0n) is 11.2. The molecule has 0 unspecified atom stereocenters. The third-order valence-electron chi connectivity index (χ3n) is 3.40. The molecule has 0 spiro atoms. The molecule has 0 radical (unpaired) electrons. The van der Waals surface area contributed by atoms with Crippen molar-refractivity contribution >= 4 is 5.91 Å². The van der Waals surface area contributed by atoms with Crippen molar-refractivity contribution in [3.05, 3.63) is 0 Å². The second-order valence-electron chi connectivity index (χ2n) is 4.97. The Hall–Kier alpha value is -0.610. The van der Waals surface area contributed by atoms with Gasteiger partial charge in [-0.3, -0.25) is 4.79 Å². The fourth-order valence-corrected chi connectivity index (χ4v) is 2.50. The topological polar surface area (TPSA) is 49.8 Å². The van der Waals surface area contributed by atoms with Crippen LogP contribution in [0.5, 0.6) is 0 Å². The van der Waals surface area contributed by atoms with E-state index >= 15 is 0 Å². The van der Waals surface area contributed by atoms with Gasteiger partial charge < -0.3 is 14.7 Å². The minimum absolute atomic E-state index is 0.0273. The van der Waals surface area contributed by atoms with E-state index < -0.39 is 0 Å². The molecule has 1 fully saturated rings. The van der Waals surface area contributed by atoms with Crippen LogP contribution < -0.4 is 0 Å². The lowest BCUT2D eigenvalue weighted by Crippen LogP contribution is -2.46. The van der Waals surface area contributed by atoms with Crippen LogP contribution in [0.15, 0.2) is 0 Å². The molecule has 17 heavy (non-hydrogen) atoms. The van der Waals surface area contributed by atoms with E-state index in [1.54, 1.807) is 4.90 Å². The Morgan fingerprint density at radius 1 is 1.53 bits per heavy atom. The van der Waals surface area contributed by atoms with Crippen molar-refractivity contribution in [1.29, 1.82) is 0 Å². The number of nitrogens with zero attached hydrogens (tertiary/aromatic N) is 1. The van der Waals surface area contributed by atoms with Gasteiger partial charge in [-0.1, -0.05) is 13.8 Å². The van der Waals surface area contributed by atoms with Crippen LogP contribution in [-0.2, 0) is 9.53 Å².